The Kier molecular flexibility index (Phi) is 7.56. The van der Waals surface area contributed by atoms with Crippen LogP contribution in [0.4, 0.5) is 25.5 Å². The van der Waals surface area contributed by atoms with Gasteiger partial charge in [-0.2, -0.15) is 9.97 Å². The summed E-state index contributed by atoms with van der Waals surface area (Å²) in [5.41, 5.74) is 0.469. The van der Waals surface area contributed by atoms with Crippen LogP contribution in [0.25, 0.3) is 21.9 Å². The number of amides is 2. The summed E-state index contributed by atoms with van der Waals surface area (Å²) in [6.07, 6.45) is 3.35. The predicted molar refractivity (Wildman–Crippen MR) is 161 cm³/mol. The highest BCUT2D eigenvalue weighted by Crippen LogP contribution is 2.45. The van der Waals surface area contributed by atoms with Crippen LogP contribution in [0.1, 0.15) is 39.4 Å². The molecule has 4 aromatic rings. The van der Waals surface area contributed by atoms with Crippen molar-refractivity contribution >= 4 is 57.2 Å². The monoisotopic (exact) mass is 626 g/mol. The third-order valence-corrected chi connectivity index (χ3v) is 7.87. The fraction of sp³-hybridized carbons (Fsp3) is 0.448. The molecule has 1 aromatic carbocycles. The number of aromatic nitrogens is 5. The first-order chi connectivity index (χ1) is 20.9. The van der Waals surface area contributed by atoms with E-state index >= 15 is 4.39 Å². The van der Waals surface area contributed by atoms with E-state index in [1.165, 1.54) is 36.5 Å². The average molecular weight is 627 g/mol. The number of fused-ring (bicyclic) bond motifs is 5. The maximum atomic E-state index is 15.1. The molecule has 44 heavy (non-hydrogen) atoms. The number of rotatable bonds is 6. The molecule has 2 aliphatic rings. The fourth-order valence-corrected chi connectivity index (χ4v) is 6.05. The van der Waals surface area contributed by atoms with Crippen molar-refractivity contribution in [2.24, 2.45) is 5.92 Å². The quantitative estimate of drug-likeness (QED) is 0.266. The number of alkyl halides is 1. The van der Waals surface area contributed by atoms with Gasteiger partial charge in [0.05, 0.1) is 29.0 Å². The topological polar surface area (TPSA) is 148 Å². The molecular weight excluding hydrogens is 595 g/mol. The molecule has 0 radical (unpaired) electrons. The molecule has 2 fully saturated rings. The van der Waals surface area contributed by atoms with Crippen molar-refractivity contribution in [3.8, 4) is 11.8 Å². The molecule has 1 aliphatic heterocycles. The molecule has 15 heteroatoms. The van der Waals surface area contributed by atoms with E-state index < -0.39 is 23.6 Å². The normalized spacial score (nSPS) is 19.4. The summed E-state index contributed by atoms with van der Waals surface area (Å²) < 4.78 is 31.5. The summed E-state index contributed by atoms with van der Waals surface area (Å²) in [4.78, 5) is 49.3. The van der Waals surface area contributed by atoms with E-state index in [4.69, 9.17) is 30.8 Å². The number of piperidine rings is 1. The van der Waals surface area contributed by atoms with E-state index in [1.807, 2.05) is 20.8 Å². The molecule has 0 unspecified atom stereocenters. The van der Waals surface area contributed by atoms with E-state index in [-0.39, 0.29) is 35.8 Å². The lowest BCUT2D eigenvalue weighted by Gasteiger charge is -2.33. The number of hydrogen-bond acceptors (Lipinski definition) is 10. The van der Waals surface area contributed by atoms with Gasteiger partial charge in [0.1, 0.15) is 28.7 Å². The van der Waals surface area contributed by atoms with E-state index in [0.29, 0.717) is 52.3 Å². The minimum atomic E-state index is -0.749. The maximum Gasteiger partial charge on any atom is 0.415 e. The summed E-state index contributed by atoms with van der Waals surface area (Å²) in [6, 6.07) is 2.27. The van der Waals surface area contributed by atoms with E-state index in [9.17, 15) is 9.59 Å². The van der Waals surface area contributed by atoms with E-state index in [2.05, 4.69) is 30.2 Å². The van der Waals surface area contributed by atoms with Gasteiger partial charge in [0.2, 0.25) is 0 Å². The zero-order valence-electron chi connectivity index (χ0n) is 24.9. The maximum absolute atomic E-state index is 15.1. The van der Waals surface area contributed by atoms with Crippen LogP contribution in [-0.4, -0.2) is 74.4 Å². The van der Waals surface area contributed by atoms with Crippen LogP contribution < -0.4 is 19.9 Å². The second-order valence-electron chi connectivity index (χ2n) is 12.0. The van der Waals surface area contributed by atoms with Crippen molar-refractivity contribution in [2.75, 3.05) is 29.5 Å². The molecular formula is C29H32ClFN8O5. The Hall–Kier alpha value is -4.46. The van der Waals surface area contributed by atoms with Crippen molar-refractivity contribution < 1.29 is 28.2 Å². The number of anilines is 2. The van der Waals surface area contributed by atoms with Crippen LogP contribution in [0.2, 0.25) is 0 Å². The Balaban J connectivity index is 1.41. The smallest absolute Gasteiger partial charge is 0.415 e. The first-order valence-corrected chi connectivity index (χ1v) is 14.7. The number of hydrogen-bond donors (Lipinski definition) is 2. The van der Waals surface area contributed by atoms with Crippen LogP contribution in [-0.2, 0) is 9.47 Å². The van der Waals surface area contributed by atoms with Crippen LogP contribution in [0.5, 0.6) is 11.8 Å². The van der Waals surface area contributed by atoms with Gasteiger partial charge < -0.3 is 29.4 Å². The number of aryl methyl sites for hydroxylation is 1. The summed E-state index contributed by atoms with van der Waals surface area (Å²) in [5.74, 6) is 1.04. The number of carbonyl (C=O) groups is 2. The predicted octanol–water partition coefficient (Wildman–Crippen LogP) is 5.40. The third kappa shape index (κ3) is 5.73. The Morgan fingerprint density at radius 2 is 1.95 bits per heavy atom. The van der Waals surface area contributed by atoms with Crippen LogP contribution >= 0.6 is 11.6 Å². The summed E-state index contributed by atoms with van der Waals surface area (Å²) in [6.45, 7) is 7.82. The molecule has 13 nitrogen and oxygen atoms in total. The molecule has 232 valence electrons. The lowest BCUT2D eigenvalue weighted by Crippen LogP contribution is -2.47. The summed E-state index contributed by atoms with van der Waals surface area (Å²) >= 11 is 5.60. The average Bonchev–Trinajstić information content (AvgIpc) is 3.65. The zero-order valence-corrected chi connectivity index (χ0v) is 25.6. The number of halogens is 2. The van der Waals surface area contributed by atoms with Gasteiger partial charge in [-0.3, -0.25) is 4.90 Å². The number of H-pyrrole nitrogens is 1. The minimum Gasteiger partial charge on any atom is -0.444 e. The van der Waals surface area contributed by atoms with Gasteiger partial charge in [0, 0.05) is 31.1 Å². The largest absolute Gasteiger partial charge is 0.444 e. The fourth-order valence-electron chi connectivity index (χ4n) is 5.95. The highest BCUT2D eigenvalue weighted by Gasteiger charge is 2.47. The molecule has 1 saturated carbocycles. The number of nitrogens with zero attached hydrogens (tertiary/aromatic N) is 6. The molecule has 2 N–H and O–H groups in total. The van der Waals surface area contributed by atoms with Crippen LogP contribution in [0, 0.1) is 18.7 Å². The Labute approximate surface area is 257 Å². The van der Waals surface area contributed by atoms with Crippen molar-refractivity contribution in [2.45, 2.75) is 58.2 Å². The molecule has 4 heterocycles. The second kappa shape index (κ2) is 11.2. The van der Waals surface area contributed by atoms with Crippen molar-refractivity contribution in [1.29, 1.82) is 0 Å². The van der Waals surface area contributed by atoms with E-state index in [0.717, 1.165) is 6.42 Å². The molecule has 3 atom stereocenters. The van der Waals surface area contributed by atoms with Gasteiger partial charge >= 0.3 is 18.2 Å². The highest BCUT2D eigenvalue weighted by atomic mass is 35.5. The van der Waals surface area contributed by atoms with Gasteiger partial charge in [0.25, 0.3) is 0 Å². The standard InChI is InChI=1S/C29H32ClFN8O5/c1-14-32-10-18(11-33-14)43-26-36-24-22(19-7-16(31)8-21(23(19)35-24)38(5)28(41)42-13-30)25(37-26)39-12-15-6-17(39)9-20(15)34-27(40)44-29(2,3)4/h7-8,10-11,15,17,20H,6,9,12-13H2,1-5H3,(H,34,40)(H,35,36,37)/t15-,17-,20-/m1/s1. The first kappa shape index (κ1) is 29.6. The lowest BCUT2D eigenvalue weighted by molar-refractivity contribution is 0.0491. The number of carbonyl (C=O) groups excluding carboxylic acids is 2. The van der Waals surface area contributed by atoms with Crippen molar-refractivity contribution in [3.63, 3.8) is 0 Å². The number of alkyl carbamates (subject to hydrolysis) is 1. The number of ether oxygens (including phenoxy) is 3. The minimum absolute atomic E-state index is 0.0351. The molecule has 6 rings (SSSR count). The van der Waals surface area contributed by atoms with Crippen LogP contribution in [0.15, 0.2) is 24.5 Å². The molecule has 1 aliphatic carbocycles. The SMILES string of the molecule is Cc1ncc(Oc2nc(N3C[C@H]4C[C@@H]3C[C@H]4NC(=O)OC(C)(C)C)c3c(n2)[nH]c2c(N(C)C(=O)OCCl)cc(F)cc23)cn1. The summed E-state index contributed by atoms with van der Waals surface area (Å²) in [5, 5.41) is 4.07. The molecule has 3 aromatic heterocycles. The van der Waals surface area contributed by atoms with Crippen LogP contribution in [0.3, 0.4) is 0 Å². The molecule has 2 bridgehead atoms. The van der Waals surface area contributed by atoms with Gasteiger partial charge in [-0.15, -0.1) is 0 Å². The number of nitrogens with one attached hydrogen (secondary N) is 2. The van der Waals surface area contributed by atoms with Crippen molar-refractivity contribution in [3.05, 3.63) is 36.2 Å². The van der Waals surface area contributed by atoms with Crippen molar-refractivity contribution in [1.82, 2.24) is 30.2 Å². The highest BCUT2D eigenvalue weighted by molar-refractivity contribution is 6.18. The first-order valence-electron chi connectivity index (χ1n) is 14.1. The Morgan fingerprint density at radius 3 is 2.61 bits per heavy atom. The van der Waals surface area contributed by atoms with Gasteiger partial charge in [-0.25, -0.2) is 23.9 Å². The summed E-state index contributed by atoms with van der Waals surface area (Å²) in [7, 11) is 1.46. The second-order valence-corrected chi connectivity index (χ2v) is 12.2. The molecule has 1 saturated heterocycles. The van der Waals surface area contributed by atoms with Gasteiger partial charge in [-0.1, -0.05) is 11.6 Å². The van der Waals surface area contributed by atoms with E-state index in [1.54, 1.807) is 6.92 Å². The third-order valence-electron chi connectivity index (χ3n) is 7.76. The van der Waals surface area contributed by atoms with Gasteiger partial charge in [-0.05, 0) is 58.6 Å². The lowest BCUT2D eigenvalue weighted by atomic mass is 10.0. The molecule has 0 spiro atoms. The van der Waals surface area contributed by atoms with Gasteiger partial charge in [0.15, 0.2) is 11.8 Å². The molecule has 2 amide bonds. The zero-order chi connectivity index (χ0) is 31.3. The Morgan fingerprint density at radius 1 is 1.20 bits per heavy atom. The Bertz CT molecular complexity index is 1740. The number of aromatic amines is 1. The number of benzene rings is 1.